The van der Waals surface area contributed by atoms with Gasteiger partial charge in [-0.15, -0.1) is 0 Å². The van der Waals surface area contributed by atoms with Gasteiger partial charge < -0.3 is 5.73 Å². The summed E-state index contributed by atoms with van der Waals surface area (Å²) in [5, 5.41) is 1.82. The molecule has 0 aliphatic heterocycles. The van der Waals surface area contributed by atoms with E-state index in [2.05, 4.69) is 18.8 Å². The molecule has 0 saturated carbocycles. The summed E-state index contributed by atoms with van der Waals surface area (Å²) in [4.78, 5) is 5.38. The average molecular weight is 317 g/mol. The van der Waals surface area contributed by atoms with E-state index in [1.165, 1.54) is 11.3 Å². The number of nitrogens with two attached hydrogens (primary N) is 1. The van der Waals surface area contributed by atoms with Crippen LogP contribution < -0.4 is 5.73 Å². The van der Waals surface area contributed by atoms with E-state index in [0.29, 0.717) is 21.1 Å². The van der Waals surface area contributed by atoms with Crippen LogP contribution in [0.4, 0.5) is 5.13 Å². The van der Waals surface area contributed by atoms with Crippen molar-refractivity contribution in [1.82, 2.24) is 4.98 Å². The first-order valence-corrected chi connectivity index (χ1v) is 7.78. The molecule has 0 aliphatic carbocycles. The van der Waals surface area contributed by atoms with Gasteiger partial charge in [-0.2, -0.15) is 0 Å². The van der Waals surface area contributed by atoms with Crippen LogP contribution in [0.5, 0.6) is 0 Å². The quantitative estimate of drug-likeness (QED) is 0.754. The fraction of sp³-hybridized carbons (Fsp3) is 0.357. The molecule has 0 unspecified atom stereocenters. The molecule has 0 atom stereocenters. The van der Waals surface area contributed by atoms with Gasteiger partial charge in [0.05, 0.1) is 15.6 Å². The monoisotopic (exact) mass is 316 g/mol. The zero-order valence-electron chi connectivity index (χ0n) is 11.5. The van der Waals surface area contributed by atoms with Crippen LogP contribution in [0, 0.1) is 0 Å². The predicted molar refractivity (Wildman–Crippen MR) is 87.4 cm³/mol. The number of anilines is 1. The van der Waals surface area contributed by atoms with Crippen LogP contribution in [0.15, 0.2) is 18.2 Å². The largest absolute Gasteiger partial charge is 0.375 e. The number of hydrogen-bond acceptors (Lipinski definition) is 3. The van der Waals surface area contributed by atoms with Gasteiger partial charge in [-0.25, -0.2) is 4.98 Å². The van der Waals surface area contributed by atoms with Gasteiger partial charge >= 0.3 is 0 Å². The van der Waals surface area contributed by atoms with Crippen LogP contribution >= 0.6 is 34.5 Å². The van der Waals surface area contributed by atoms with Crippen molar-refractivity contribution < 1.29 is 0 Å². The number of hydrogen-bond donors (Lipinski definition) is 1. The molecule has 2 aromatic rings. The van der Waals surface area contributed by atoms with Gasteiger partial charge in [0.15, 0.2) is 5.13 Å². The van der Waals surface area contributed by atoms with E-state index >= 15 is 0 Å². The van der Waals surface area contributed by atoms with Crippen LogP contribution in [-0.2, 0) is 0 Å². The minimum absolute atomic E-state index is 0.310. The molecule has 0 amide bonds. The Bertz CT molecular complexity index is 550. The third kappa shape index (κ3) is 3.85. The molecular weight excluding hydrogens is 299 g/mol. The fourth-order valence-electron chi connectivity index (χ4n) is 1.61. The summed E-state index contributed by atoms with van der Waals surface area (Å²) in [6.07, 6.45) is 0. The lowest BCUT2D eigenvalue weighted by atomic mass is 10.1. The highest BCUT2D eigenvalue weighted by Gasteiger charge is 2.16. The van der Waals surface area contributed by atoms with Gasteiger partial charge in [0.2, 0.25) is 0 Å². The maximum atomic E-state index is 6.20. The number of benzene rings is 1. The zero-order valence-corrected chi connectivity index (χ0v) is 13.8. The van der Waals surface area contributed by atoms with Gasteiger partial charge in [0, 0.05) is 10.6 Å². The molecule has 0 aliphatic rings. The smallest absolute Gasteiger partial charge is 0.180 e. The average Bonchev–Trinajstić information content (AvgIpc) is 2.74. The van der Waals surface area contributed by atoms with Crippen molar-refractivity contribution in [2.45, 2.75) is 33.6 Å². The number of aromatic nitrogens is 1. The Kier molecular flexibility index (Phi) is 6.11. The Morgan fingerprint density at radius 2 is 1.84 bits per heavy atom. The Hall–Kier alpha value is -0.770. The summed E-state index contributed by atoms with van der Waals surface area (Å²) in [6, 6.07) is 5.46. The molecule has 0 fully saturated rings. The highest BCUT2D eigenvalue weighted by molar-refractivity contribution is 7.19. The maximum Gasteiger partial charge on any atom is 0.180 e. The van der Waals surface area contributed by atoms with Crippen molar-refractivity contribution >= 4 is 39.7 Å². The standard InChI is InChI=1S/C12H12Cl2N2S.C2H6/c1-6(2)10-11(17-12(15)16-10)8-4-3-7(13)5-9(8)14;1-2/h3-6H,1-2H3,(H2,15,16);1-2H3. The van der Waals surface area contributed by atoms with Crippen molar-refractivity contribution in [2.75, 3.05) is 5.73 Å². The lowest BCUT2D eigenvalue weighted by Gasteiger charge is -2.07. The van der Waals surface area contributed by atoms with Crippen molar-refractivity contribution in [1.29, 1.82) is 0 Å². The van der Waals surface area contributed by atoms with E-state index in [4.69, 9.17) is 28.9 Å². The maximum absolute atomic E-state index is 6.20. The minimum Gasteiger partial charge on any atom is -0.375 e. The molecule has 2 N–H and O–H groups in total. The van der Waals surface area contributed by atoms with Crippen molar-refractivity contribution in [3.63, 3.8) is 0 Å². The number of rotatable bonds is 2. The Balaban J connectivity index is 0.000000861. The topological polar surface area (TPSA) is 38.9 Å². The molecule has 0 radical (unpaired) electrons. The first kappa shape index (κ1) is 16.3. The SMILES string of the molecule is CC.CC(C)c1nc(N)sc1-c1ccc(Cl)cc1Cl. The molecule has 19 heavy (non-hydrogen) atoms. The van der Waals surface area contributed by atoms with Crippen molar-refractivity contribution in [2.24, 2.45) is 0 Å². The number of nitrogens with zero attached hydrogens (tertiary/aromatic N) is 1. The number of nitrogen functional groups attached to an aromatic ring is 1. The van der Waals surface area contributed by atoms with Crippen LogP contribution in [0.1, 0.15) is 39.3 Å². The molecule has 104 valence electrons. The second-order valence-electron chi connectivity index (χ2n) is 4.05. The van der Waals surface area contributed by atoms with Gasteiger partial charge in [0.25, 0.3) is 0 Å². The van der Waals surface area contributed by atoms with Crippen molar-refractivity contribution in [3.8, 4) is 10.4 Å². The molecule has 1 aromatic heterocycles. The van der Waals surface area contributed by atoms with Gasteiger partial charge in [-0.3, -0.25) is 0 Å². The third-order valence-electron chi connectivity index (χ3n) is 2.39. The highest BCUT2D eigenvalue weighted by atomic mass is 35.5. The van der Waals surface area contributed by atoms with Gasteiger partial charge in [0.1, 0.15) is 0 Å². The predicted octanol–water partition coefficient (Wildman–Crippen LogP) is 5.85. The molecule has 1 aromatic carbocycles. The molecule has 2 nitrogen and oxygen atoms in total. The van der Waals surface area contributed by atoms with Crippen LogP contribution in [0.3, 0.4) is 0 Å². The summed E-state index contributed by atoms with van der Waals surface area (Å²) in [6.45, 7) is 8.17. The Morgan fingerprint density at radius 3 is 2.37 bits per heavy atom. The first-order valence-electron chi connectivity index (χ1n) is 6.20. The first-order chi connectivity index (χ1) is 8.99. The van der Waals surface area contributed by atoms with Gasteiger partial charge in [-0.05, 0) is 18.1 Å². The lowest BCUT2D eigenvalue weighted by Crippen LogP contribution is -1.92. The van der Waals surface area contributed by atoms with E-state index in [-0.39, 0.29) is 0 Å². The summed E-state index contributed by atoms with van der Waals surface area (Å²) in [5.74, 6) is 0.310. The summed E-state index contributed by atoms with van der Waals surface area (Å²) in [7, 11) is 0. The number of halogens is 2. The van der Waals surface area contributed by atoms with E-state index < -0.39 is 0 Å². The Morgan fingerprint density at radius 1 is 1.21 bits per heavy atom. The molecular formula is C14H18Cl2N2S. The van der Waals surface area contributed by atoms with Crippen molar-refractivity contribution in [3.05, 3.63) is 33.9 Å². The fourth-order valence-corrected chi connectivity index (χ4v) is 3.19. The van der Waals surface area contributed by atoms with E-state index in [1.807, 2.05) is 26.0 Å². The normalized spacial score (nSPS) is 10.3. The molecule has 1 heterocycles. The zero-order chi connectivity index (χ0) is 14.6. The molecule has 0 spiro atoms. The van der Waals surface area contributed by atoms with E-state index in [0.717, 1.165) is 16.1 Å². The molecule has 0 saturated heterocycles. The molecule has 2 rings (SSSR count). The summed E-state index contributed by atoms with van der Waals surface area (Å²) < 4.78 is 0. The summed E-state index contributed by atoms with van der Waals surface area (Å²) in [5.41, 5.74) is 7.69. The number of thiazole rings is 1. The van der Waals surface area contributed by atoms with Crippen LogP contribution in [0.25, 0.3) is 10.4 Å². The second kappa shape index (κ2) is 7.13. The molecule has 5 heteroatoms. The van der Waals surface area contributed by atoms with E-state index in [1.54, 1.807) is 6.07 Å². The summed E-state index contributed by atoms with van der Waals surface area (Å²) >= 11 is 13.5. The third-order valence-corrected chi connectivity index (χ3v) is 3.87. The highest BCUT2D eigenvalue weighted by Crippen LogP contribution is 2.39. The van der Waals surface area contributed by atoms with E-state index in [9.17, 15) is 0 Å². The minimum atomic E-state index is 0.310. The van der Waals surface area contributed by atoms with Crippen LogP contribution in [0.2, 0.25) is 10.0 Å². The van der Waals surface area contributed by atoms with Crippen LogP contribution in [-0.4, -0.2) is 4.98 Å². The Labute approximate surface area is 128 Å². The molecule has 0 bridgehead atoms. The van der Waals surface area contributed by atoms with Gasteiger partial charge in [-0.1, -0.05) is 68.3 Å². The lowest BCUT2D eigenvalue weighted by molar-refractivity contribution is 0.836. The second-order valence-corrected chi connectivity index (χ2v) is 5.92.